The molecule has 28 heavy (non-hydrogen) atoms. The van der Waals surface area contributed by atoms with Crippen LogP contribution in [-0.4, -0.2) is 44.1 Å². The Morgan fingerprint density at radius 2 is 1.82 bits per heavy atom. The molecule has 2 unspecified atom stereocenters. The van der Waals surface area contributed by atoms with Gasteiger partial charge in [-0.05, 0) is 39.9 Å². The van der Waals surface area contributed by atoms with Crippen molar-refractivity contribution in [1.29, 1.82) is 0 Å². The van der Waals surface area contributed by atoms with Crippen LogP contribution < -0.4 is 4.74 Å². The van der Waals surface area contributed by atoms with Gasteiger partial charge < -0.3 is 14.4 Å². The lowest BCUT2D eigenvalue weighted by Gasteiger charge is -2.18. The Hall–Kier alpha value is -2.86. The Morgan fingerprint density at radius 1 is 1.04 bits per heavy atom. The quantitative estimate of drug-likeness (QED) is 0.628. The number of esters is 1. The van der Waals surface area contributed by atoms with E-state index in [1.165, 1.54) is 7.11 Å². The maximum absolute atomic E-state index is 13.4. The average Bonchev–Trinajstić information content (AvgIpc) is 3.41. The third-order valence-corrected chi connectivity index (χ3v) is 6.12. The molecule has 2 atom stereocenters. The summed E-state index contributed by atoms with van der Waals surface area (Å²) in [5, 5.41) is 5.78. The zero-order valence-corrected chi connectivity index (χ0v) is 16.6. The van der Waals surface area contributed by atoms with E-state index in [9.17, 15) is 9.59 Å². The number of fused-ring (bicyclic) bond motifs is 1. The number of methoxy groups -OCH3 is 2. The largest absolute Gasteiger partial charge is 0.496 e. The second-order valence-corrected chi connectivity index (χ2v) is 7.64. The maximum Gasteiger partial charge on any atom is 0.311 e. The van der Waals surface area contributed by atoms with E-state index < -0.39 is 0 Å². The van der Waals surface area contributed by atoms with Gasteiger partial charge in [0.2, 0.25) is 0 Å². The van der Waals surface area contributed by atoms with Crippen molar-refractivity contribution in [3.8, 4) is 5.75 Å². The van der Waals surface area contributed by atoms with Gasteiger partial charge in [0.1, 0.15) is 5.75 Å². The van der Waals surface area contributed by atoms with Gasteiger partial charge in [0.15, 0.2) is 0 Å². The second-order valence-electron chi connectivity index (χ2n) is 6.86. The Balaban J connectivity index is 1.69. The molecule has 1 saturated heterocycles. The zero-order chi connectivity index (χ0) is 19.7. The number of hydrogen-bond donors (Lipinski definition) is 0. The molecule has 1 aliphatic rings. The zero-order valence-electron chi connectivity index (χ0n) is 15.8. The van der Waals surface area contributed by atoms with Crippen molar-refractivity contribution in [2.45, 2.75) is 5.92 Å². The molecule has 1 amide bonds. The summed E-state index contributed by atoms with van der Waals surface area (Å²) in [7, 11) is 3.02. The van der Waals surface area contributed by atoms with Crippen LogP contribution in [0, 0.1) is 5.92 Å². The van der Waals surface area contributed by atoms with Gasteiger partial charge in [-0.25, -0.2) is 0 Å². The third-order valence-electron chi connectivity index (χ3n) is 5.42. The van der Waals surface area contributed by atoms with Crippen LogP contribution in [0.25, 0.3) is 10.8 Å². The van der Waals surface area contributed by atoms with Crippen LogP contribution in [0.3, 0.4) is 0 Å². The first kappa shape index (κ1) is 18.5. The first-order valence-electron chi connectivity index (χ1n) is 9.09. The minimum atomic E-state index is -0.354. The standard InChI is InChI=1S/C22H21NO4S/c1-26-20-8-7-17(15-5-3-4-6-16(15)20)21(24)23-11-18(14-9-10-28-13-14)19(12-23)22(25)27-2/h3-10,13,18-19H,11-12H2,1-2H3. The summed E-state index contributed by atoms with van der Waals surface area (Å²) in [5.74, 6) is -0.0195. The highest BCUT2D eigenvalue weighted by Crippen LogP contribution is 2.36. The molecule has 144 valence electrons. The predicted molar refractivity (Wildman–Crippen MR) is 109 cm³/mol. The van der Waals surface area contributed by atoms with Crippen molar-refractivity contribution < 1.29 is 19.1 Å². The van der Waals surface area contributed by atoms with Gasteiger partial charge in [0.25, 0.3) is 5.91 Å². The molecule has 0 saturated carbocycles. The van der Waals surface area contributed by atoms with E-state index in [-0.39, 0.29) is 23.7 Å². The van der Waals surface area contributed by atoms with Crippen molar-refractivity contribution in [3.63, 3.8) is 0 Å². The molecular weight excluding hydrogens is 374 g/mol. The number of benzene rings is 2. The lowest BCUT2D eigenvalue weighted by Crippen LogP contribution is -2.30. The van der Waals surface area contributed by atoms with Gasteiger partial charge in [0.05, 0.1) is 20.1 Å². The number of likely N-dealkylation sites (tertiary alicyclic amines) is 1. The molecule has 1 fully saturated rings. The molecule has 0 spiro atoms. The lowest BCUT2D eigenvalue weighted by atomic mass is 9.91. The summed E-state index contributed by atoms with van der Waals surface area (Å²) in [4.78, 5) is 27.5. The topological polar surface area (TPSA) is 55.8 Å². The van der Waals surface area contributed by atoms with Gasteiger partial charge >= 0.3 is 5.97 Å². The van der Waals surface area contributed by atoms with Gasteiger partial charge in [-0.1, -0.05) is 24.3 Å². The highest BCUT2D eigenvalue weighted by Gasteiger charge is 2.41. The molecule has 2 heterocycles. The molecule has 5 nitrogen and oxygen atoms in total. The second kappa shape index (κ2) is 7.64. The fourth-order valence-corrected chi connectivity index (χ4v) is 4.71. The smallest absolute Gasteiger partial charge is 0.311 e. The number of hydrogen-bond acceptors (Lipinski definition) is 5. The minimum absolute atomic E-state index is 0.0489. The SMILES string of the molecule is COC(=O)C1CN(C(=O)c2ccc(OC)c3ccccc23)CC1c1ccsc1. The molecule has 6 heteroatoms. The summed E-state index contributed by atoms with van der Waals surface area (Å²) < 4.78 is 10.4. The summed E-state index contributed by atoms with van der Waals surface area (Å²) in [6.45, 7) is 0.849. The number of nitrogens with zero attached hydrogens (tertiary/aromatic N) is 1. The number of thiophene rings is 1. The van der Waals surface area contributed by atoms with Crippen molar-refractivity contribution in [3.05, 3.63) is 64.4 Å². The fraction of sp³-hybridized carbons (Fsp3) is 0.273. The highest BCUT2D eigenvalue weighted by atomic mass is 32.1. The van der Waals surface area contributed by atoms with E-state index in [0.29, 0.717) is 18.7 Å². The average molecular weight is 395 g/mol. The van der Waals surface area contributed by atoms with E-state index in [4.69, 9.17) is 9.47 Å². The van der Waals surface area contributed by atoms with Crippen LogP contribution in [0.1, 0.15) is 21.8 Å². The Kier molecular flexibility index (Phi) is 5.05. The van der Waals surface area contributed by atoms with Crippen molar-refractivity contribution in [2.24, 2.45) is 5.92 Å². The monoisotopic (exact) mass is 395 g/mol. The number of carbonyl (C=O) groups excluding carboxylic acids is 2. The van der Waals surface area contributed by atoms with Gasteiger partial charge in [-0.2, -0.15) is 11.3 Å². The molecular formula is C22H21NO4S. The summed E-state index contributed by atoms with van der Waals surface area (Å²) in [5.41, 5.74) is 1.70. The third kappa shape index (κ3) is 3.14. The van der Waals surface area contributed by atoms with Crippen LogP contribution >= 0.6 is 11.3 Å². The van der Waals surface area contributed by atoms with Crippen LogP contribution in [0.5, 0.6) is 5.75 Å². The number of amides is 1. The number of ether oxygens (including phenoxy) is 2. The van der Waals surface area contributed by atoms with Crippen LogP contribution in [0.2, 0.25) is 0 Å². The van der Waals surface area contributed by atoms with Crippen molar-refractivity contribution in [1.82, 2.24) is 4.90 Å². The first-order valence-corrected chi connectivity index (χ1v) is 10.0. The number of carbonyl (C=O) groups is 2. The molecule has 1 aliphatic heterocycles. The van der Waals surface area contributed by atoms with Gasteiger partial charge in [0, 0.05) is 30.0 Å². The molecule has 3 aromatic rings. The summed E-state index contributed by atoms with van der Waals surface area (Å²) >= 11 is 1.59. The lowest BCUT2D eigenvalue weighted by molar-refractivity contribution is -0.145. The van der Waals surface area contributed by atoms with Crippen LogP contribution in [-0.2, 0) is 9.53 Å². The predicted octanol–water partition coefficient (Wildman–Crippen LogP) is 3.94. The highest BCUT2D eigenvalue weighted by molar-refractivity contribution is 7.08. The maximum atomic E-state index is 13.4. The van der Waals surface area contributed by atoms with Crippen molar-refractivity contribution >= 4 is 34.0 Å². The van der Waals surface area contributed by atoms with Gasteiger partial charge in [-0.15, -0.1) is 0 Å². The van der Waals surface area contributed by atoms with Gasteiger partial charge in [-0.3, -0.25) is 9.59 Å². The van der Waals surface area contributed by atoms with E-state index in [0.717, 1.165) is 22.1 Å². The number of rotatable bonds is 4. The Morgan fingerprint density at radius 3 is 2.50 bits per heavy atom. The van der Waals surface area contributed by atoms with E-state index in [2.05, 4.69) is 0 Å². The fourth-order valence-electron chi connectivity index (χ4n) is 3.99. The molecule has 1 aromatic heterocycles. The Labute approximate surface area is 167 Å². The molecule has 2 aromatic carbocycles. The Bertz CT molecular complexity index is 1010. The summed E-state index contributed by atoms with van der Waals surface area (Å²) in [6, 6.07) is 13.3. The van der Waals surface area contributed by atoms with Crippen LogP contribution in [0.4, 0.5) is 0 Å². The van der Waals surface area contributed by atoms with E-state index in [1.807, 2.05) is 47.2 Å². The molecule has 0 bridgehead atoms. The molecule has 0 aliphatic carbocycles. The normalized spacial score (nSPS) is 19.0. The van der Waals surface area contributed by atoms with E-state index in [1.54, 1.807) is 29.4 Å². The minimum Gasteiger partial charge on any atom is -0.496 e. The molecule has 4 rings (SSSR count). The van der Waals surface area contributed by atoms with E-state index >= 15 is 0 Å². The summed E-state index contributed by atoms with van der Waals surface area (Å²) in [6.07, 6.45) is 0. The molecule has 0 N–H and O–H groups in total. The first-order chi connectivity index (χ1) is 13.6. The van der Waals surface area contributed by atoms with Crippen LogP contribution in [0.15, 0.2) is 53.2 Å². The van der Waals surface area contributed by atoms with Crippen molar-refractivity contribution in [2.75, 3.05) is 27.3 Å². The molecule has 0 radical (unpaired) electrons.